The van der Waals surface area contributed by atoms with Gasteiger partial charge in [-0.15, -0.1) is 0 Å². The molecule has 0 spiro atoms. The van der Waals surface area contributed by atoms with E-state index in [0.29, 0.717) is 23.7 Å². The van der Waals surface area contributed by atoms with Gasteiger partial charge in [-0.05, 0) is 49.2 Å². The first kappa shape index (κ1) is 14.2. The lowest BCUT2D eigenvalue weighted by Crippen LogP contribution is -1.96. The molecule has 4 heteroatoms. The molecule has 0 heterocycles. The molecular formula is C16H18FNO2. The van der Waals surface area contributed by atoms with Crippen LogP contribution in [0.5, 0.6) is 17.2 Å². The predicted molar refractivity (Wildman–Crippen MR) is 77.9 cm³/mol. The molecule has 2 rings (SSSR count). The van der Waals surface area contributed by atoms with Gasteiger partial charge in [-0.3, -0.25) is 0 Å². The lowest BCUT2D eigenvalue weighted by atomic mass is 10.2. The van der Waals surface area contributed by atoms with E-state index < -0.39 is 0 Å². The van der Waals surface area contributed by atoms with Crippen LogP contribution in [0.4, 0.5) is 10.1 Å². The van der Waals surface area contributed by atoms with Crippen LogP contribution in [-0.4, -0.2) is 6.61 Å². The number of anilines is 1. The maximum Gasteiger partial charge on any atom is 0.150 e. The summed E-state index contributed by atoms with van der Waals surface area (Å²) in [6, 6.07) is 10.1. The Morgan fingerprint density at radius 1 is 1.10 bits per heavy atom. The average Bonchev–Trinajstić information content (AvgIpc) is 2.44. The van der Waals surface area contributed by atoms with Crippen LogP contribution >= 0.6 is 0 Å². The molecule has 0 fully saturated rings. The summed E-state index contributed by atoms with van der Waals surface area (Å²) in [4.78, 5) is 0. The monoisotopic (exact) mass is 275 g/mol. The second-order valence-electron chi connectivity index (χ2n) is 4.56. The molecule has 2 aromatic carbocycles. The SMILES string of the molecule is CCCOc1ccc(Oc2cc(C)c(F)cc2N)cc1. The highest BCUT2D eigenvalue weighted by Crippen LogP contribution is 2.30. The summed E-state index contributed by atoms with van der Waals surface area (Å²) in [7, 11) is 0. The van der Waals surface area contributed by atoms with E-state index in [1.807, 2.05) is 12.1 Å². The Labute approximate surface area is 118 Å². The standard InChI is InChI=1S/C16H18FNO2/c1-3-8-19-12-4-6-13(7-5-12)20-16-9-11(2)14(17)10-15(16)18/h4-7,9-10H,3,8,18H2,1-2H3. The molecule has 0 amide bonds. The molecule has 0 unspecified atom stereocenters. The number of nitrogens with two attached hydrogens (primary N) is 1. The molecule has 0 bridgehead atoms. The second kappa shape index (κ2) is 6.28. The summed E-state index contributed by atoms with van der Waals surface area (Å²) in [6.07, 6.45) is 0.962. The largest absolute Gasteiger partial charge is 0.494 e. The highest BCUT2D eigenvalue weighted by molar-refractivity contribution is 5.55. The van der Waals surface area contributed by atoms with Gasteiger partial charge in [0.15, 0.2) is 5.75 Å². The molecule has 0 saturated carbocycles. The Balaban J connectivity index is 2.12. The van der Waals surface area contributed by atoms with E-state index >= 15 is 0 Å². The van der Waals surface area contributed by atoms with Crippen molar-refractivity contribution in [2.75, 3.05) is 12.3 Å². The third kappa shape index (κ3) is 3.41. The van der Waals surface area contributed by atoms with Crippen molar-refractivity contribution in [3.63, 3.8) is 0 Å². The van der Waals surface area contributed by atoms with Gasteiger partial charge in [-0.2, -0.15) is 0 Å². The molecule has 0 atom stereocenters. The summed E-state index contributed by atoms with van der Waals surface area (Å²) in [6.45, 7) is 4.41. The topological polar surface area (TPSA) is 44.5 Å². The van der Waals surface area contributed by atoms with Crippen LogP contribution in [0.1, 0.15) is 18.9 Å². The van der Waals surface area contributed by atoms with Crippen LogP contribution in [0.25, 0.3) is 0 Å². The summed E-state index contributed by atoms with van der Waals surface area (Å²) >= 11 is 0. The van der Waals surface area contributed by atoms with Crippen molar-refractivity contribution in [1.82, 2.24) is 0 Å². The number of benzene rings is 2. The van der Waals surface area contributed by atoms with Gasteiger partial charge in [-0.25, -0.2) is 4.39 Å². The molecule has 0 radical (unpaired) electrons. The molecule has 106 valence electrons. The van der Waals surface area contributed by atoms with E-state index in [2.05, 4.69) is 6.92 Å². The maximum atomic E-state index is 13.3. The van der Waals surface area contributed by atoms with Gasteiger partial charge in [0, 0.05) is 6.07 Å². The normalized spacial score (nSPS) is 10.3. The molecule has 0 aliphatic heterocycles. The summed E-state index contributed by atoms with van der Waals surface area (Å²) in [5.74, 6) is 1.54. The fourth-order valence-corrected chi connectivity index (χ4v) is 1.71. The van der Waals surface area contributed by atoms with Gasteiger partial charge < -0.3 is 15.2 Å². The van der Waals surface area contributed by atoms with E-state index in [1.54, 1.807) is 25.1 Å². The Morgan fingerprint density at radius 3 is 2.40 bits per heavy atom. The van der Waals surface area contributed by atoms with Crippen molar-refractivity contribution in [2.24, 2.45) is 0 Å². The highest BCUT2D eigenvalue weighted by Gasteiger charge is 2.07. The van der Waals surface area contributed by atoms with Gasteiger partial charge in [-0.1, -0.05) is 6.92 Å². The van der Waals surface area contributed by atoms with E-state index in [4.69, 9.17) is 15.2 Å². The lowest BCUT2D eigenvalue weighted by molar-refractivity contribution is 0.317. The fraction of sp³-hybridized carbons (Fsp3) is 0.250. The third-order valence-corrected chi connectivity index (χ3v) is 2.82. The summed E-state index contributed by atoms with van der Waals surface area (Å²) in [5.41, 5.74) is 6.52. The Hall–Kier alpha value is -2.23. The van der Waals surface area contributed by atoms with Gasteiger partial charge in [0.1, 0.15) is 17.3 Å². The van der Waals surface area contributed by atoms with Crippen molar-refractivity contribution >= 4 is 5.69 Å². The smallest absolute Gasteiger partial charge is 0.150 e. The van der Waals surface area contributed by atoms with E-state index in [1.165, 1.54) is 6.07 Å². The van der Waals surface area contributed by atoms with Crippen molar-refractivity contribution in [3.05, 3.63) is 47.8 Å². The zero-order valence-corrected chi connectivity index (χ0v) is 11.7. The number of hydrogen-bond donors (Lipinski definition) is 1. The van der Waals surface area contributed by atoms with Crippen LogP contribution in [0.15, 0.2) is 36.4 Å². The second-order valence-corrected chi connectivity index (χ2v) is 4.56. The summed E-state index contributed by atoms with van der Waals surface area (Å²) < 4.78 is 24.5. The van der Waals surface area contributed by atoms with Crippen LogP contribution in [0, 0.1) is 12.7 Å². The van der Waals surface area contributed by atoms with Gasteiger partial charge in [0.2, 0.25) is 0 Å². The Bertz CT molecular complexity index is 582. The van der Waals surface area contributed by atoms with Gasteiger partial charge >= 0.3 is 0 Å². The first-order valence-corrected chi connectivity index (χ1v) is 6.56. The maximum absolute atomic E-state index is 13.3. The molecule has 3 nitrogen and oxygen atoms in total. The van der Waals surface area contributed by atoms with Crippen molar-refractivity contribution in [2.45, 2.75) is 20.3 Å². The van der Waals surface area contributed by atoms with Crippen LogP contribution < -0.4 is 15.2 Å². The molecule has 0 saturated heterocycles. The summed E-state index contributed by atoms with van der Waals surface area (Å²) in [5, 5.41) is 0. The van der Waals surface area contributed by atoms with E-state index in [-0.39, 0.29) is 11.5 Å². The number of aryl methyl sites for hydroxylation is 1. The highest BCUT2D eigenvalue weighted by atomic mass is 19.1. The molecule has 0 aliphatic rings. The molecular weight excluding hydrogens is 257 g/mol. The van der Waals surface area contributed by atoms with Crippen molar-refractivity contribution in [1.29, 1.82) is 0 Å². The number of nitrogen functional groups attached to an aromatic ring is 1. The number of halogens is 1. The Kier molecular flexibility index (Phi) is 4.45. The predicted octanol–water partition coefficient (Wildman–Crippen LogP) is 4.30. The van der Waals surface area contributed by atoms with Crippen molar-refractivity contribution in [3.8, 4) is 17.2 Å². The molecule has 2 N–H and O–H groups in total. The van der Waals surface area contributed by atoms with Crippen LogP contribution in [0.2, 0.25) is 0 Å². The van der Waals surface area contributed by atoms with Crippen molar-refractivity contribution < 1.29 is 13.9 Å². The van der Waals surface area contributed by atoms with E-state index in [0.717, 1.165) is 12.2 Å². The molecule has 0 aromatic heterocycles. The first-order valence-electron chi connectivity index (χ1n) is 6.56. The van der Waals surface area contributed by atoms with Gasteiger partial charge in [0.25, 0.3) is 0 Å². The average molecular weight is 275 g/mol. The van der Waals surface area contributed by atoms with Gasteiger partial charge in [0.05, 0.1) is 12.3 Å². The fourth-order valence-electron chi connectivity index (χ4n) is 1.71. The molecule has 2 aromatic rings. The first-order chi connectivity index (χ1) is 9.60. The van der Waals surface area contributed by atoms with Crippen LogP contribution in [-0.2, 0) is 0 Å². The quantitative estimate of drug-likeness (QED) is 0.827. The number of rotatable bonds is 5. The minimum Gasteiger partial charge on any atom is -0.494 e. The van der Waals surface area contributed by atoms with E-state index in [9.17, 15) is 4.39 Å². The lowest BCUT2D eigenvalue weighted by Gasteiger charge is -2.11. The minimum atomic E-state index is -0.335. The molecule has 20 heavy (non-hydrogen) atoms. The minimum absolute atomic E-state index is 0.277. The molecule has 0 aliphatic carbocycles. The Morgan fingerprint density at radius 2 is 1.75 bits per heavy atom. The zero-order chi connectivity index (χ0) is 14.5. The number of hydrogen-bond acceptors (Lipinski definition) is 3. The number of ether oxygens (including phenoxy) is 2. The zero-order valence-electron chi connectivity index (χ0n) is 11.7. The van der Waals surface area contributed by atoms with Crippen LogP contribution in [0.3, 0.4) is 0 Å². The third-order valence-electron chi connectivity index (χ3n) is 2.82.